The Bertz CT molecular complexity index is 872. The summed E-state index contributed by atoms with van der Waals surface area (Å²) in [5.74, 6) is 1.63. The van der Waals surface area contributed by atoms with Crippen molar-refractivity contribution in [1.82, 2.24) is 5.32 Å². The van der Waals surface area contributed by atoms with Crippen LogP contribution in [0.1, 0.15) is 27.0 Å². The molecule has 0 aliphatic heterocycles. The van der Waals surface area contributed by atoms with E-state index in [0.29, 0.717) is 12.1 Å². The van der Waals surface area contributed by atoms with Crippen LogP contribution in [0.2, 0.25) is 0 Å². The van der Waals surface area contributed by atoms with Crippen molar-refractivity contribution in [3.05, 3.63) is 95.1 Å². The Morgan fingerprint density at radius 3 is 2.15 bits per heavy atom. The van der Waals surface area contributed by atoms with E-state index in [1.807, 2.05) is 48.5 Å². The molecule has 3 nitrogen and oxygen atoms in total. The van der Waals surface area contributed by atoms with E-state index < -0.39 is 0 Å². The number of nitrogens with one attached hydrogen (secondary N) is 1. The predicted octanol–water partition coefficient (Wildman–Crippen LogP) is 5.23. The topological polar surface area (TPSA) is 38.3 Å². The summed E-state index contributed by atoms with van der Waals surface area (Å²) >= 11 is 1.80. The second-order valence-electron chi connectivity index (χ2n) is 6.33. The third-order valence-corrected chi connectivity index (χ3v) is 5.34. The van der Waals surface area contributed by atoms with E-state index in [0.717, 1.165) is 17.1 Å². The molecule has 138 valence electrons. The van der Waals surface area contributed by atoms with Gasteiger partial charge in [-0.05, 0) is 54.4 Å². The Kier molecular flexibility index (Phi) is 6.55. The third-order valence-electron chi connectivity index (χ3n) is 4.25. The van der Waals surface area contributed by atoms with Gasteiger partial charge in [0.25, 0.3) is 5.91 Å². The minimum absolute atomic E-state index is 0.0662. The first kappa shape index (κ1) is 19.1. The van der Waals surface area contributed by atoms with Crippen LogP contribution in [0.25, 0.3) is 0 Å². The molecule has 0 radical (unpaired) electrons. The molecule has 0 spiro atoms. The Morgan fingerprint density at radius 2 is 1.52 bits per heavy atom. The maximum Gasteiger partial charge on any atom is 0.251 e. The molecule has 0 aliphatic rings. The SMILES string of the molecule is COc1ccc(CNC(=O)c2ccc(CSc3ccc(C)cc3)cc2)cc1. The number of amides is 1. The van der Waals surface area contributed by atoms with Gasteiger partial charge in [-0.3, -0.25) is 4.79 Å². The van der Waals surface area contributed by atoms with E-state index in [4.69, 9.17) is 4.74 Å². The fraction of sp³-hybridized carbons (Fsp3) is 0.174. The second-order valence-corrected chi connectivity index (χ2v) is 7.38. The molecular weight excluding hydrogens is 354 g/mol. The van der Waals surface area contributed by atoms with Gasteiger partial charge in [0.2, 0.25) is 0 Å². The molecule has 27 heavy (non-hydrogen) atoms. The molecule has 4 heteroatoms. The molecule has 0 bridgehead atoms. The highest BCUT2D eigenvalue weighted by molar-refractivity contribution is 7.98. The summed E-state index contributed by atoms with van der Waals surface area (Å²) in [6.45, 7) is 2.58. The number of carbonyl (C=O) groups excluding carboxylic acids is 1. The van der Waals surface area contributed by atoms with Crippen molar-refractivity contribution in [3.63, 3.8) is 0 Å². The zero-order chi connectivity index (χ0) is 19.1. The molecule has 3 rings (SSSR count). The van der Waals surface area contributed by atoms with Crippen molar-refractivity contribution in [2.45, 2.75) is 24.1 Å². The predicted molar refractivity (Wildman–Crippen MR) is 111 cm³/mol. The van der Waals surface area contributed by atoms with Crippen molar-refractivity contribution in [2.24, 2.45) is 0 Å². The van der Waals surface area contributed by atoms with Crippen LogP contribution in [-0.4, -0.2) is 13.0 Å². The van der Waals surface area contributed by atoms with Gasteiger partial charge in [-0.1, -0.05) is 42.0 Å². The maximum absolute atomic E-state index is 12.3. The summed E-state index contributed by atoms with van der Waals surface area (Å²) in [6, 6.07) is 24.0. The van der Waals surface area contributed by atoms with Crippen molar-refractivity contribution in [2.75, 3.05) is 7.11 Å². The molecule has 0 aromatic heterocycles. The van der Waals surface area contributed by atoms with Crippen LogP contribution in [0.3, 0.4) is 0 Å². The first-order valence-electron chi connectivity index (χ1n) is 8.83. The van der Waals surface area contributed by atoms with Gasteiger partial charge in [-0.15, -0.1) is 11.8 Å². The number of hydrogen-bond donors (Lipinski definition) is 1. The largest absolute Gasteiger partial charge is 0.497 e. The molecule has 0 aliphatic carbocycles. The van der Waals surface area contributed by atoms with Gasteiger partial charge < -0.3 is 10.1 Å². The summed E-state index contributed by atoms with van der Waals surface area (Å²) in [7, 11) is 1.64. The number of methoxy groups -OCH3 is 1. The molecule has 0 heterocycles. The fourth-order valence-corrected chi connectivity index (χ4v) is 3.44. The Labute approximate surface area is 164 Å². The van der Waals surface area contributed by atoms with E-state index >= 15 is 0 Å². The number of benzene rings is 3. The quantitative estimate of drug-likeness (QED) is 0.573. The van der Waals surface area contributed by atoms with Crippen LogP contribution >= 0.6 is 11.8 Å². The van der Waals surface area contributed by atoms with Crippen molar-refractivity contribution >= 4 is 17.7 Å². The smallest absolute Gasteiger partial charge is 0.251 e. The number of thioether (sulfide) groups is 1. The van der Waals surface area contributed by atoms with E-state index in [9.17, 15) is 4.79 Å². The lowest BCUT2D eigenvalue weighted by Gasteiger charge is -2.07. The molecule has 0 saturated heterocycles. The van der Waals surface area contributed by atoms with E-state index in [1.165, 1.54) is 16.0 Å². The second kappa shape index (κ2) is 9.28. The van der Waals surface area contributed by atoms with Crippen LogP contribution < -0.4 is 10.1 Å². The normalized spacial score (nSPS) is 10.4. The number of aryl methyl sites for hydroxylation is 1. The first-order valence-corrected chi connectivity index (χ1v) is 9.82. The van der Waals surface area contributed by atoms with Crippen molar-refractivity contribution in [1.29, 1.82) is 0 Å². The number of rotatable bonds is 7. The van der Waals surface area contributed by atoms with Crippen molar-refractivity contribution < 1.29 is 9.53 Å². The van der Waals surface area contributed by atoms with Crippen LogP contribution in [0, 0.1) is 6.92 Å². The minimum Gasteiger partial charge on any atom is -0.497 e. The number of hydrogen-bond acceptors (Lipinski definition) is 3. The first-order chi connectivity index (χ1) is 13.1. The summed E-state index contributed by atoms with van der Waals surface area (Å²) in [4.78, 5) is 13.6. The lowest BCUT2D eigenvalue weighted by atomic mass is 10.1. The van der Waals surface area contributed by atoms with E-state index in [2.05, 4.69) is 36.5 Å². The molecule has 0 atom stereocenters. The number of ether oxygens (including phenoxy) is 1. The molecule has 0 unspecified atom stereocenters. The average Bonchev–Trinajstić information content (AvgIpc) is 2.72. The number of carbonyl (C=O) groups is 1. The Hall–Kier alpha value is -2.72. The summed E-state index contributed by atoms with van der Waals surface area (Å²) < 4.78 is 5.14. The fourth-order valence-electron chi connectivity index (χ4n) is 2.58. The molecule has 3 aromatic carbocycles. The average molecular weight is 378 g/mol. The third kappa shape index (κ3) is 5.63. The van der Waals surface area contributed by atoms with Crippen LogP contribution in [0.4, 0.5) is 0 Å². The maximum atomic E-state index is 12.3. The Balaban J connectivity index is 1.51. The highest BCUT2D eigenvalue weighted by Gasteiger charge is 2.06. The van der Waals surface area contributed by atoms with Gasteiger partial charge in [0.1, 0.15) is 5.75 Å². The van der Waals surface area contributed by atoms with E-state index in [-0.39, 0.29) is 5.91 Å². The van der Waals surface area contributed by atoms with Crippen LogP contribution in [-0.2, 0) is 12.3 Å². The zero-order valence-electron chi connectivity index (χ0n) is 15.6. The molecular formula is C23H23NO2S. The zero-order valence-corrected chi connectivity index (χ0v) is 16.4. The summed E-state index contributed by atoms with van der Waals surface area (Å²) in [5, 5.41) is 2.95. The standard InChI is InChI=1S/C23H23NO2S/c1-17-3-13-22(14-4-17)27-16-19-5-9-20(10-6-19)23(25)24-15-18-7-11-21(26-2)12-8-18/h3-14H,15-16H2,1-2H3,(H,24,25). The van der Waals surface area contributed by atoms with Crippen LogP contribution in [0.15, 0.2) is 77.7 Å². The van der Waals surface area contributed by atoms with Gasteiger partial charge in [0.15, 0.2) is 0 Å². The van der Waals surface area contributed by atoms with Crippen LogP contribution in [0.5, 0.6) is 5.75 Å². The molecule has 0 saturated carbocycles. The lowest BCUT2D eigenvalue weighted by Crippen LogP contribution is -2.22. The highest BCUT2D eigenvalue weighted by Crippen LogP contribution is 2.23. The van der Waals surface area contributed by atoms with Gasteiger partial charge in [-0.2, -0.15) is 0 Å². The Morgan fingerprint density at radius 1 is 0.889 bits per heavy atom. The van der Waals surface area contributed by atoms with E-state index in [1.54, 1.807) is 18.9 Å². The van der Waals surface area contributed by atoms with Crippen molar-refractivity contribution in [3.8, 4) is 5.75 Å². The minimum atomic E-state index is -0.0662. The molecule has 0 fully saturated rings. The van der Waals surface area contributed by atoms with Gasteiger partial charge >= 0.3 is 0 Å². The highest BCUT2D eigenvalue weighted by atomic mass is 32.2. The van der Waals surface area contributed by atoms with Gasteiger partial charge in [-0.25, -0.2) is 0 Å². The lowest BCUT2D eigenvalue weighted by molar-refractivity contribution is 0.0951. The van der Waals surface area contributed by atoms with Gasteiger partial charge in [0, 0.05) is 22.8 Å². The summed E-state index contributed by atoms with van der Waals surface area (Å²) in [6.07, 6.45) is 0. The molecule has 1 amide bonds. The molecule has 3 aromatic rings. The monoisotopic (exact) mass is 377 g/mol. The molecule has 1 N–H and O–H groups in total. The summed E-state index contributed by atoms with van der Waals surface area (Å²) in [5.41, 5.74) is 4.18. The van der Waals surface area contributed by atoms with Gasteiger partial charge in [0.05, 0.1) is 7.11 Å².